The van der Waals surface area contributed by atoms with Gasteiger partial charge in [-0.05, 0) is 49.6 Å². The summed E-state index contributed by atoms with van der Waals surface area (Å²) in [6.45, 7) is 4.16. The van der Waals surface area contributed by atoms with Crippen LogP contribution in [0.25, 0.3) is 0 Å². The molecule has 2 aliphatic carbocycles. The lowest BCUT2D eigenvalue weighted by Crippen LogP contribution is -2.31. The monoisotopic (exact) mass is 297 g/mol. The number of aromatic amines is 1. The number of hydrogen-bond acceptors (Lipinski definition) is 3. The first-order valence-electron chi connectivity index (χ1n) is 7.43. The lowest BCUT2D eigenvalue weighted by molar-refractivity contribution is 0.432. The minimum atomic E-state index is -3.37. The molecule has 0 aliphatic heterocycles. The summed E-state index contributed by atoms with van der Waals surface area (Å²) in [7, 11) is -3.37. The van der Waals surface area contributed by atoms with Crippen molar-refractivity contribution < 1.29 is 8.42 Å². The van der Waals surface area contributed by atoms with E-state index in [1.807, 2.05) is 6.92 Å². The van der Waals surface area contributed by atoms with Gasteiger partial charge in [0, 0.05) is 25.0 Å². The predicted octanol–water partition coefficient (Wildman–Crippen LogP) is 1.59. The van der Waals surface area contributed by atoms with E-state index in [9.17, 15) is 8.42 Å². The summed E-state index contributed by atoms with van der Waals surface area (Å²) in [5, 5.41) is 3.17. The molecule has 0 radical (unpaired) electrons. The predicted molar refractivity (Wildman–Crippen MR) is 77.8 cm³/mol. The zero-order chi connectivity index (χ0) is 14.2. The van der Waals surface area contributed by atoms with Gasteiger partial charge in [0.1, 0.15) is 0 Å². The van der Waals surface area contributed by atoms with E-state index in [4.69, 9.17) is 0 Å². The third-order valence-electron chi connectivity index (χ3n) is 4.54. The molecule has 112 valence electrons. The third-order valence-corrected chi connectivity index (χ3v) is 5.92. The molecular formula is C14H23N3O2S. The number of nitrogens with one attached hydrogen (secondary N) is 3. The van der Waals surface area contributed by atoms with Crippen LogP contribution in [0, 0.1) is 11.3 Å². The maximum atomic E-state index is 12.3. The minimum absolute atomic E-state index is 0.288. The molecule has 0 bridgehead atoms. The van der Waals surface area contributed by atoms with Crippen molar-refractivity contribution in [3.63, 3.8) is 0 Å². The van der Waals surface area contributed by atoms with Crippen molar-refractivity contribution in [1.82, 2.24) is 15.0 Å². The fourth-order valence-electron chi connectivity index (χ4n) is 2.84. The topological polar surface area (TPSA) is 74.0 Å². The van der Waals surface area contributed by atoms with Crippen LogP contribution < -0.4 is 10.0 Å². The number of hydrogen-bond donors (Lipinski definition) is 3. The fraction of sp³-hybridized carbons (Fsp3) is 0.714. The van der Waals surface area contributed by atoms with Crippen molar-refractivity contribution >= 4 is 10.0 Å². The Morgan fingerprint density at radius 1 is 1.40 bits per heavy atom. The minimum Gasteiger partial charge on any atom is -0.363 e. The second-order valence-electron chi connectivity index (χ2n) is 6.10. The molecule has 2 fully saturated rings. The normalized spacial score (nSPS) is 21.1. The molecule has 3 N–H and O–H groups in total. The molecular weight excluding hydrogens is 274 g/mol. The highest BCUT2D eigenvalue weighted by Gasteiger charge is 2.53. The highest BCUT2D eigenvalue weighted by atomic mass is 32.2. The molecule has 1 heterocycles. The van der Waals surface area contributed by atoms with Crippen LogP contribution >= 0.6 is 0 Å². The molecule has 6 heteroatoms. The summed E-state index contributed by atoms with van der Waals surface area (Å²) in [6, 6.07) is 1.71. The molecule has 20 heavy (non-hydrogen) atoms. The summed E-state index contributed by atoms with van der Waals surface area (Å²) in [6.07, 6.45) is 6.49. The molecule has 2 aliphatic rings. The van der Waals surface area contributed by atoms with Gasteiger partial charge >= 0.3 is 0 Å². The van der Waals surface area contributed by atoms with Crippen LogP contribution in [0.15, 0.2) is 17.2 Å². The van der Waals surface area contributed by atoms with E-state index < -0.39 is 10.0 Å². The Kier molecular flexibility index (Phi) is 3.64. The molecule has 0 amide bonds. The zero-order valence-corrected chi connectivity index (χ0v) is 12.7. The molecule has 1 aromatic rings. The van der Waals surface area contributed by atoms with E-state index in [1.165, 1.54) is 25.7 Å². The Labute approximate surface area is 120 Å². The van der Waals surface area contributed by atoms with E-state index in [-0.39, 0.29) is 5.41 Å². The quantitative estimate of drug-likeness (QED) is 0.682. The number of sulfonamides is 1. The lowest BCUT2D eigenvalue weighted by Gasteiger charge is -2.14. The van der Waals surface area contributed by atoms with Gasteiger partial charge in [-0.3, -0.25) is 0 Å². The van der Waals surface area contributed by atoms with Crippen LogP contribution in [0.4, 0.5) is 0 Å². The summed E-state index contributed by atoms with van der Waals surface area (Å²) >= 11 is 0. The summed E-state index contributed by atoms with van der Waals surface area (Å²) in [5.41, 5.74) is 1.19. The Balaban J connectivity index is 1.61. The standard InChI is InChI=1S/C14H23N3O2S/c1-2-15-8-12-7-13(9-16-12)20(18,19)17-10-14(5-6-14)11-3-4-11/h7,9,11,15-17H,2-6,8,10H2,1H3. The first-order valence-corrected chi connectivity index (χ1v) is 8.92. The molecule has 0 saturated heterocycles. The smallest absolute Gasteiger partial charge is 0.242 e. The first-order chi connectivity index (χ1) is 9.56. The summed E-state index contributed by atoms with van der Waals surface area (Å²) in [4.78, 5) is 3.36. The summed E-state index contributed by atoms with van der Waals surface area (Å²) in [5.74, 6) is 0.765. The van der Waals surface area contributed by atoms with Crippen molar-refractivity contribution in [2.75, 3.05) is 13.1 Å². The average molecular weight is 297 g/mol. The molecule has 2 saturated carbocycles. The average Bonchev–Trinajstić information content (AvgIpc) is 3.32. The zero-order valence-electron chi connectivity index (χ0n) is 11.9. The largest absolute Gasteiger partial charge is 0.363 e. The number of aromatic nitrogens is 1. The Bertz CT molecular complexity index is 571. The molecule has 3 rings (SSSR count). The van der Waals surface area contributed by atoms with Crippen LogP contribution in [-0.4, -0.2) is 26.5 Å². The van der Waals surface area contributed by atoms with Gasteiger partial charge in [0.2, 0.25) is 10.0 Å². The molecule has 5 nitrogen and oxygen atoms in total. The maximum absolute atomic E-state index is 12.3. The van der Waals surface area contributed by atoms with E-state index in [1.54, 1.807) is 12.3 Å². The Morgan fingerprint density at radius 3 is 2.75 bits per heavy atom. The third kappa shape index (κ3) is 2.92. The molecule has 0 unspecified atom stereocenters. The van der Waals surface area contributed by atoms with Gasteiger partial charge < -0.3 is 10.3 Å². The number of H-pyrrole nitrogens is 1. The summed E-state index contributed by atoms with van der Waals surface area (Å²) < 4.78 is 27.4. The van der Waals surface area contributed by atoms with Gasteiger partial charge in [-0.2, -0.15) is 0 Å². The highest BCUT2D eigenvalue weighted by molar-refractivity contribution is 7.89. The van der Waals surface area contributed by atoms with Gasteiger partial charge in [0.25, 0.3) is 0 Å². The lowest BCUT2D eigenvalue weighted by atomic mass is 10.0. The van der Waals surface area contributed by atoms with Gasteiger partial charge in [-0.15, -0.1) is 0 Å². The van der Waals surface area contributed by atoms with Gasteiger partial charge in [-0.25, -0.2) is 13.1 Å². The Morgan fingerprint density at radius 2 is 2.15 bits per heavy atom. The highest BCUT2D eigenvalue weighted by Crippen LogP contribution is 2.60. The van der Waals surface area contributed by atoms with Crippen LogP contribution in [0.2, 0.25) is 0 Å². The van der Waals surface area contributed by atoms with Crippen LogP contribution in [-0.2, 0) is 16.6 Å². The second kappa shape index (κ2) is 5.16. The maximum Gasteiger partial charge on any atom is 0.242 e. The fourth-order valence-corrected chi connectivity index (χ4v) is 4.00. The van der Waals surface area contributed by atoms with Crippen molar-refractivity contribution in [2.45, 2.75) is 44.0 Å². The van der Waals surface area contributed by atoms with Gasteiger partial charge in [0.05, 0.1) is 4.90 Å². The van der Waals surface area contributed by atoms with Crippen molar-refractivity contribution in [1.29, 1.82) is 0 Å². The molecule has 0 aromatic carbocycles. The van der Waals surface area contributed by atoms with E-state index in [0.29, 0.717) is 18.0 Å². The van der Waals surface area contributed by atoms with Gasteiger partial charge in [-0.1, -0.05) is 6.92 Å². The van der Waals surface area contributed by atoms with E-state index in [2.05, 4.69) is 15.0 Å². The van der Waals surface area contributed by atoms with E-state index >= 15 is 0 Å². The van der Waals surface area contributed by atoms with Crippen molar-refractivity contribution in [3.05, 3.63) is 18.0 Å². The van der Waals surface area contributed by atoms with Crippen molar-refractivity contribution in [3.8, 4) is 0 Å². The van der Waals surface area contributed by atoms with Crippen molar-refractivity contribution in [2.24, 2.45) is 11.3 Å². The molecule has 0 atom stereocenters. The Hall–Kier alpha value is -0.850. The SMILES string of the molecule is CCNCc1cc(S(=O)(=O)NCC2(C3CC3)CC2)c[nH]1. The van der Waals surface area contributed by atoms with Crippen LogP contribution in [0.3, 0.4) is 0 Å². The van der Waals surface area contributed by atoms with Crippen LogP contribution in [0.1, 0.15) is 38.3 Å². The van der Waals surface area contributed by atoms with E-state index in [0.717, 1.165) is 18.2 Å². The van der Waals surface area contributed by atoms with Gasteiger partial charge in [0.15, 0.2) is 0 Å². The molecule has 1 aromatic heterocycles. The molecule has 0 spiro atoms. The second-order valence-corrected chi connectivity index (χ2v) is 7.87. The first kappa shape index (κ1) is 14.1. The number of rotatable bonds is 8. The van der Waals surface area contributed by atoms with Crippen LogP contribution in [0.5, 0.6) is 0 Å².